The Hall–Kier alpha value is -5.21. The van der Waals surface area contributed by atoms with Crippen molar-refractivity contribution in [3.8, 4) is 16.2 Å². The highest BCUT2D eigenvalue weighted by atomic mass is 79.9. The van der Waals surface area contributed by atoms with Crippen LogP contribution in [0.2, 0.25) is 0 Å². The predicted molar refractivity (Wildman–Crippen MR) is 293 cm³/mol. The summed E-state index contributed by atoms with van der Waals surface area (Å²) in [5.74, 6) is 1.51. The highest BCUT2D eigenvalue weighted by Gasteiger charge is 2.44. The number of β-amino-alcohol motifs (C(OH)–C–C–N with tert-alkyl or cyclic N) is 1. The number of hydrogen-bond acceptors (Lipinski definition) is 14. The van der Waals surface area contributed by atoms with Crippen molar-refractivity contribution in [2.45, 2.75) is 136 Å². The van der Waals surface area contributed by atoms with Gasteiger partial charge < -0.3 is 50.4 Å². The summed E-state index contributed by atoms with van der Waals surface area (Å²) in [5.41, 5.74) is 5.00. The Morgan fingerprint density at radius 3 is 2.20 bits per heavy atom. The van der Waals surface area contributed by atoms with Crippen LogP contribution in [-0.2, 0) is 35.2 Å². The maximum absolute atomic E-state index is 14.0. The minimum absolute atomic E-state index is 0.0297. The quantitative estimate of drug-likeness (QED) is 0.0299. The number of nitrogens with one attached hydrogen (secondary N) is 4. The minimum Gasteiger partial charge on any atom is -0.494 e. The number of aromatic nitrogens is 3. The molecule has 4 amide bonds. The molecule has 1 aliphatic carbocycles. The maximum atomic E-state index is 14.0. The highest BCUT2D eigenvalue weighted by Crippen LogP contribution is 2.30. The molecule has 6 rings (SSSR count). The van der Waals surface area contributed by atoms with Crippen molar-refractivity contribution in [1.29, 1.82) is 0 Å². The molecule has 3 atom stereocenters. The smallest absolute Gasteiger partial charge is 0.246 e. The summed E-state index contributed by atoms with van der Waals surface area (Å²) in [6, 6.07) is 14.0. The largest absolute Gasteiger partial charge is 0.494 e. The normalized spacial score (nSPS) is 16.1. The Morgan fingerprint density at radius 1 is 0.892 bits per heavy atom. The number of halogens is 1. The van der Waals surface area contributed by atoms with Gasteiger partial charge in [0.1, 0.15) is 23.7 Å². The number of hydrogen-bond donors (Lipinski definition) is 5. The molecule has 2 fully saturated rings. The van der Waals surface area contributed by atoms with E-state index in [1.54, 1.807) is 17.5 Å². The fraction of sp³-hybridized carbons (Fsp3) is 0.582. The van der Waals surface area contributed by atoms with Crippen molar-refractivity contribution in [2.75, 3.05) is 70.3 Å². The number of amides is 4. The molecule has 2 aromatic carbocycles. The fourth-order valence-corrected chi connectivity index (χ4v) is 9.85. The molecule has 0 spiro atoms. The molecule has 2 aromatic heterocycles. The monoisotopic (exact) mass is 1100 g/mol. The van der Waals surface area contributed by atoms with Gasteiger partial charge in [0.15, 0.2) is 0 Å². The molecule has 0 radical (unpaired) electrons. The van der Waals surface area contributed by atoms with E-state index in [0.717, 1.165) is 102 Å². The summed E-state index contributed by atoms with van der Waals surface area (Å²) in [7, 11) is 1.88. The molecular weight excluding hydrogens is 1030 g/mol. The number of aliphatic hydroxyl groups is 1. The van der Waals surface area contributed by atoms with E-state index in [2.05, 4.69) is 52.1 Å². The van der Waals surface area contributed by atoms with Crippen molar-refractivity contribution < 1.29 is 38.5 Å². The number of unbranched alkanes of at least 4 members (excludes halogenated alkanes) is 4. The van der Waals surface area contributed by atoms with E-state index in [9.17, 15) is 24.3 Å². The highest BCUT2D eigenvalue weighted by molar-refractivity contribution is 9.10. The summed E-state index contributed by atoms with van der Waals surface area (Å²) < 4.78 is 18.4. The molecule has 0 bridgehead atoms. The van der Waals surface area contributed by atoms with E-state index < -0.39 is 23.6 Å². The number of carbonyl (C=O) groups excluding carboxylic acids is 4. The number of anilines is 3. The van der Waals surface area contributed by atoms with E-state index in [1.165, 1.54) is 4.90 Å². The van der Waals surface area contributed by atoms with Gasteiger partial charge in [0, 0.05) is 90.3 Å². The Bertz CT molecular complexity index is 2380. The van der Waals surface area contributed by atoms with Crippen molar-refractivity contribution in [2.24, 2.45) is 11.3 Å². The Morgan fingerprint density at radius 2 is 1.57 bits per heavy atom. The molecule has 1 saturated carbocycles. The molecule has 404 valence electrons. The van der Waals surface area contributed by atoms with E-state index >= 15 is 0 Å². The molecule has 19 heteroatoms. The van der Waals surface area contributed by atoms with Gasteiger partial charge in [0.25, 0.3) is 0 Å². The van der Waals surface area contributed by atoms with E-state index in [4.69, 9.17) is 14.2 Å². The first-order valence-electron chi connectivity index (χ1n) is 26.4. The Balaban J connectivity index is 0.753. The second-order valence-electron chi connectivity index (χ2n) is 20.4. The van der Waals surface area contributed by atoms with Crippen LogP contribution < -0.4 is 26.0 Å². The first-order chi connectivity index (χ1) is 35.7. The van der Waals surface area contributed by atoms with Crippen molar-refractivity contribution in [3.05, 3.63) is 76.0 Å². The molecule has 5 N–H and O–H groups in total. The fourth-order valence-electron chi connectivity index (χ4n) is 8.70. The zero-order valence-corrected chi connectivity index (χ0v) is 46.4. The molecule has 1 aliphatic heterocycles. The summed E-state index contributed by atoms with van der Waals surface area (Å²) in [4.78, 5) is 70.6. The average molecular weight is 1110 g/mol. The third-order valence-electron chi connectivity index (χ3n) is 13.3. The third kappa shape index (κ3) is 18.6. The lowest BCUT2D eigenvalue weighted by Crippen LogP contribution is -2.57. The second-order valence-corrected chi connectivity index (χ2v) is 22.2. The minimum atomic E-state index is -0.858. The number of aryl methyl sites for hydroxylation is 1. The van der Waals surface area contributed by atoms with Crippen LogP contribution >= 0.6 is 27.3 Å². The van der Waals surface area contributed by atoms with E-state index in [-0.39, 0.29) is 55.5 Å². The van der Waals surface area contributed by atoms with E-state index in [0.29, 0.717) is 64.3 Å². The standard InChI is InChI=1S/C55H78BrN9O8S/c1-38-48(74-37-60-38)40-20-18-39(19-21-40)34-58-51(68)46-33-43(66)36-65(46)53(70)49(55(2,3)4)62-47(67)17-7-6-8-28-71-29-9-10-30-72-31-11-12-32-73-44-24-22-42(23-25-44)61-54-59-35-45(56)50(63-54)57-26-14-27-64(5)52(69)41-15-13-16-41/h18-25,35,37,41,43,46,49,66H,6-17,26-34,36H2,1-5H3,(H,58,68)(H,62,67)(H2,57,59,61,63)/t43-,46+,49-/m1/s1. The van der Waals surface area contributed by atoms with Crippen LogP contribution in [0.5, 0.6) is 5.75 Å². The van der Waals surface area contributed by atoms with Gasteiger partial charge in [-0.3, -0.25) is 19.2 Å². The van der Waals surface area contributed by atoms with Crippen LogP contribution in [0.4, 0.5) is 17.5 Å². The van der Waals surface area contributed by atoms with Gasteiger partial charge in [-0.2, -0.15) is 4.98 Å². The van der Waals surface area contributed by atoms with Gasteiger partial charge in [-0.05, 0) is 121 Å². The first kappa shape index (κ1) is 58.1. The molecular formula is C55H78BrN9O8S. The lowest BCUT2D eigenvalue weighted by molar-refractivity contribution is -0.144. The van der Waals surface area contributed by atoms with Gasteiger partial charge in [0.05, 0.1) is 33.3 Å². The van der Waals surface area contributed by atoms with Crippen LogP contribution in [0.25, 0.3) is 10.4 Å². The summed E-state index contributed by atoms with van der Waals surface area (Å²) >= 11 is 5.11. The molecule has 4 aromatic rings. The van der Waals surface area contributed by atoms with Gasteiger partial charge >= 0.3 is 0 Å². The number of carbonyl (C=O) groups is 4. The number of ether oxygens (including phenoxy) is 3. The van der Waals surface area contributed by atoms with Crippen LogP contribution in [0.1, 0.15) is 115 Å². The molecule has 3 heterocycles. The number of benzene rings is 2. The van der Waals surface area contributed by atoms with Crippen molar-refractivity contribution in [3.63, 3.8) is 0 Å². The SMILES string of the molecule is Cc1ncsc1-c1ccc(CNC(=O)[C@@H]2C[C@@H](O)CN2C(=O)[C@@H](NC(=O)CCCCCOCCCCOCCCCOc2ccc(Nc3ncc(Br)c(NCCCN(C)C(=O)C4CCC4)n3)cc2)C(C)(C)C)cc1. The predicted octanol–water partition coefficient (Wildman–Crippen LogP) is 8.82. The van der Waals surface area contributed by atoms with E-state index in [1.807, 2.05) is 93.7 Å². The number of likely N-dealkylation sites (tertiary alicyclic amines) is 1. The second kappa shape index (κ2) is 29.8. The van der Waals surface area contributed by atoms with Gasteiger partial charge in [-0.25, -0.2) is 9.97 Å². The van der Waals surface area contributed by atoms with Gasteiger partial charge in [-0.15, -0.1) is 11.3 Å². The molecule has 0 unspecified atom stereocenters. The Labute approximate surface area is 449 Å². The topological polar surface area (TPSA) is 209 Å². The molecule has 2 aliphatic rings. The number of aliphatic hydroxyl groups excluding tert-OH is 1. The summed E-state index contributed by atoms with van der Waals surface area (Å²) in [6.45, 7) is 12.6. The lowest BCUT2D eigenvalue weighted by Gasteiger charge is -2.35. The van der Waals surface area contributed by atoms with Gasteiger partial charge in [-0.1, -0.05) is 57.9 Å². The van der Waals surface area contributed by atoms with Crippen LogP contribution in [0.3, 0.4) is 0 Å². The molecule has 74 heavy (non-hydrogen) atoms. The van der Waals surface area contributed by atoms with Crippen LogP contribution in [0, 0.1) is 18.3 Å². The molecule has 17 nitrogen and oxygen atoms in total. The number of nitrogens with zero attached hydrogens (tertiary/aromatic N) is 5. The number of rotatable bonds is 31. The average Bonchev–Trinajstić information content (AvgIpc) is 3.98. The maximum Gasteiger partial charge on any atom is 0.246 e. The van der Waals surface area contributed by atoms with Crippen LogP contribution in [-0.4, -0.2) is 131 Å². The zero-order chi connectivity index (χ0) is 52.9. The summed E-state index contributed by atoms with van der Waals surface area (Å²) in [5, 5.41) is 23.1. The zero-order valence-electron chi connectivity index (χ0n) is 44.0. The van der Waals surface area contributed by atoms with Crippen LogP contribution in [0.15, 0.2) is 64.7 Å². The first-order valence-corrected chi connectivity index (χ1v) is 28.0. The number of thiazole rings is 1. The molecule has 1 saturated heterocycles. The van der Waals surface area contributed by atoms with Crippen molar-refractivity contribution >= 4 is 68.3 Å². The van der Waals surface area contributed by atoms with Gasteiger partial charge in [0.2, 0.25) is 29.6 Å². The Kier molecular flexibility index (Phi) is 23.4. The van der Waals surface area contributed by atoms with Crippen molar-refractivity contribution in [1.82, 2.24) is 35.4 Å². The third-order valence-corrected chi connectivity index (χ3v) is 14.9. The lowest BCUT2D eigenvalue weighted by atomic mass is 9.84. The summed E-state index contributed by atoms with van der Waals surface area (Å²) in [6.07, 6.45) is 11.2.